The summed E-state index contributed by atoms with van der Waals surface area (Å²) in [6, 6.07) is 6.08. The topological polar surface area (TPSA) is 46.8 Å². The van der Waals surface area contributed by atoms with E-state index in [0.29, 0.717) is 5.25 Å². The van der Waals surface area contributed by atoms with Crippen LogP contribution in [-0.4, -0.2) is 44.1 Å². The van der Waals surface area contributed by atoms with E-state index >= 15 is 0 Å². The Morgan fingerprint density at radius 3 is 2.55 bits per heavy atom. The molecule has 0 aromatic carbocycles. The summed E-state index contributed by atoms with van der Waals surface area (Å²) in [5.41, 5.74) is 2.07. The third kappa shape index (κ3) is 2.65. The summed E-state index contributed by atoms with van der Waals surface area (Å²) in [6.45, 7) is 8.35. The summed E-state index contributed by atoms with van der Waals surface area (Å²) in [5.74, 6) is 2.89. The molecule has 5 nitrogen and oxygen atoms in total. The van der Waals surface area contributed by atoms with Gasteiger partial charge in [0, 0.05) is 29.8 Å². The summed E-state index contributed by atoms with van der Waals surface area (Å²) in [7, 11) is 0. The number of anilines is 1. The molecule has 6 heteroatoms. The predicted octanol–water partition coefficient (Wildman–Crippen LogP) is 2.22. The second-order valence-corrected chi connectivity index (χ2v) is 6.76. The Balaban J connectivity index is 1.82. The van der Waals surface area contributed by atoms with E-state index in [1.165, 1.54) is 0 Å². The van der Waals surface area contributed by atoms with Gasteiger partial charge in [-0.1, -0.05) is 6.92 Å². The zero-order valence-corrected chi connectivity index (χ0v) is 12.9. The third-order valence-corrected chi connectivity index (χ3v) is 4.56. The second kappa shape index (κ2) is 5.44. The van der Waals surface area contributed by atoms with Crippen molar-refractivity contribution < 1.29 is 0 Å². The number of thioether (sulfide) groups is 1. The van der Waals surface area contributed by atoms with Gasteiger partial charge < -0.3 is 4.90 Å². The van der Waals surface area contributed by atoms with Gasteiger partial charge in [-0.25, -0.2) is 4.68 Å². The van der Waals surface area contributed by atoms with Crippen LogP contribution in [0.25, 0.3) is 5.82 Å². The molecule has 20 heavy (non-hydrogen) atoms. The molecule has 106 valence electrons. The maximum absolute atomic E-state index is 4.43. The maximum atomic E-state index is 4.43. The number of rotatable bonds is 2. The average molecular weight is 289 g/mol. The molecule has 0 bridgehead atoms. The summed E-state index contributed by atoms with van der Waals surface area (Å²) < 4.78 is 1.83. The van der Waals surface area contributed by atoms with Gasteiger partial charge in [-0.05, 0) is 32.0 Å². The second-order valence-electron chi connectivity index (χ2n) is 5.22. The van der Waals surface area contributed by atoms with Crippen LogP contribution in [0.4, 0.5) is 5.82 Å². The van der Waals surface area contributed by atoms with Crippen molar-refractivity contribution in [2.45, 2.75) is 26.0 Å². The maximum Gasteiger partial charge on any atom is 0.176 e. The van der Waals surface area contributed by atoms with Crippen LogP contribution in [0.2, 0.25) is 0 Å². The normalized spacial score (nSPS) is 19.4. The van der Waals surface area contributed by atoms with Crippen LogP contribution in [0, 0.1) is 13.8 Å². The van der Waals surface area contributed by atoms with E-state index < -0.39 is 0 Å². The van der Waals surface area contributed by atoms with Crippen molar-refractivity contribution in [1.82, 2.24) is 20.0 Å². The van der Waals surface area contributed by atoms with Crippen molar-refractivity contribution in [3.8, 4) is 5.82 Å². The molecule has 0 radical (unpaired) electrons. The first-order chi connectivity index (χ1) is 9.63. The smallest absolute Gasteiger partial charge is 0.176 e. The Morgan fingerprint density at radius 2 is 1.95 bits per heavy atom. The van der Waals surface area contributed by atoms with Gasteiger partial charge in [0.25, 0.3) is 0 Å². The number of nitrogens with zero attached hydrogens (tertiary/aromatic N) is 5. The number of aromatic nitrogens is 4. The molecule has 0 amide bonds. The van der Waals surface area contributed by atoms with Gasteiger partial charge in [0.1, 0.15) is 0 Å². The highest BCUT2D eigenvalue weighted by molar-refractivity contribution is 8.00. The van der Waals surface area contributed by atoms with Crippen LogP contribution in [-0.2, 0) is 0 Å². The van der Waals surface area contributed by atoms with Crippen molar-refractivity contribution in [2.75, 3.05) is 23.7 Å². The fraction of sp³-hybridized carbons (Fsp3) is 0.500. The highest BCUT2D eigenvalue weighted by Crippen LogP contribution is 2.22. The summed E-state index contributed by atoms with van der Waals surface area (Å²) in [4.78, 5) is 2.30. The Bertz CT molecular complexity index is 592. The first-order valence-corrected chi connectivity index (χ1v) is 7.92. The van der Waals surface area contributed by atoms with E-state index in [9.17, 15) is 0 Å². The molecule has 1 aliphatic heterocycles. The van der Waals surface area contributed by atoms with Gasteiger partial charge in [-0.15, -0.1) is 10.2 Å². The van der Waals surface area contributed by atoms with Crippen LogP contribution in [0.3, 0.4) is 0 Å². The lowest BCUT2D eigenvalue weighted by atomic mass is 10.3. The molecular weight excluding hydrogens is 270 g/mol. The van der Waals surface area contributed by atoms with Gasteiger partial charge in [-0.3, -0.25) is 0 Å². The molecule has 1 saturated heterocycles. The van der Waals surface area contributed by atoms with E-state index in [4.69, 9.17) is 0 Å². The van der Waals surface area contributed by atoms with E-state index in [-0.39, 0.29) is 0 Å². The Morgan fingerprint density at radius 1 is 1.20 bits per heavy atom. The first kappa shape index (κ1) is 13.4. The van der Waals surface area contributed by atoms with Gasteiger partial charge in [0.15, 0.2) is 11.6 Å². The van der Waals surface area contributed by atoms with Gasteiger partial charge in [0.2, 0.25) is 0 Å². The zero-order valence-electron chi connectivity index (χ0n) is 12.1. The van der Waals surface area contributed by atoms with Crippen LogP contribution >= 0.6 is 11.8 Å². The van der Waals surface area contributed by atoms with E-state index in [1.54, 1.807) is 0 Å². The van der Waals surface area contributed by atoms with E-state index in [1.807, 2.05) is 48.5 Å². The Labute approximate surface area is 123 Å². The van der Waals surface area contributed by atoms with Gasteiger partial charge in [0.05, 0.1) is 5.69 Å². The highest BCUT2D eigenvalue weighted by atomic mass is 32.2. The van der Waals surface area contributed by atoms with Crippen LogP contribution < -0.4 is 4.90 Å². The van der Waals surface area contributed by atoms with Crippen LogP contribution in [0.1, 0.15) is 18.3 Å². The quantitative estimate of drug-likeness (QED) is 0.848. The summed E-state index contributed by atoms with van der Waals surface area (Å²) in [5, 5.41) is 13.8. The molecular formula is C14H19N5S. The lowest BCUT2D eigenvalue weighted by Gasteiger charge is -2.31. The minimum atomic E-state index is 0.654. The molecule has 1 atom stereocenters. The minimum Gasteiger partial charge on any atom is -0.353 e. The van der Waals surface area contributed by atoms with Gasteiger partial charge in [-0.2, -0.15) is 16.9 Å². The number of hydrogen-bond donors (Lipinski definition) is 0. The number of hydrogen-bond acceptors (Lipinski definition) is 5. The van der Waals surface area contributed by atoms with Crippen LogP contribution in [0.5, 0.6) is 0 Å². The average Bonchev–Trinajstić information content (AvgIpc) is 2.78. The standard InChI is InChI=1S/C14H19N5S/c1-10-8-11(2)19(17-10)14-5-4-13(15-16-14)18-6-7-20-12(3)9-18/h4-5,8,12H,6-7,9H2,1-3H3. The molecule has 0 aliphatic carbocycles. The fourth-order valence-corrected chi connectivity index (χ4v) is 3.50. The summed E-state index contributed by atoms with van der Waals surface area (Å²) >= 11 is 2.02. The molecule has 2 aromatic rings. The molecule has 0 saturated carbocycles. The lowest BCUT2D eigenvalue weighted by Crippen LogP contribution is -2.37. The molecule has 1 aliphatic rings. The van der Waals surface area contributed by atoms with E-state index in [2.05, 4.69) is 27.1 Å². The third-order valence-electron chi connectivity index (χ3n) is 3.43. The largest absolute Gasteiger partial charge is 0.353 e. The van der Waals surface area contributed by atoms with Gasteiger partial charge >= 0.3 is 0 Å². The van der Waals surface area contributed by atoms with Crippen molar-refractivity contribution in [3.05, 3.63) is 29.6 Å². The van der Waals surface area contributed by atoms with E-state index in [0.717, 1.165) is 41.9 Å². The predicted molar refractivity (Wildman–Crippen MR) is 82.8 cm³/mol. The monoisotopic (exact) mass is 289 g/mol. The van der Waals surface area contributed by atoms with Crippen molar-refractivity contribution in [3.63, 3.8) is 0 Å². The summed E-state index contributed by atoms with van der Waals surface area (Å²) in [6.07, 6.45) is 0. The van der Waals surface area contributed by atoms with Crippen molar-refractivity contribution in [2.24, 2.45) is 0 Å². The van der Waals surface area contributed by atoms with Crippen LogP contribution in [0.15, 0.2) is 18.2 Å². The number of aryl methyl sites for hydroxylation is 2. The molecule has 2 aromatic heterocycles. The molecule has 0 spiro atoms. The zero-order chi connectivity index (χ0) is 14.1. The van der Waals surface area contributed by atoms with Crippen molar-refractivity contribution >= 4 is 17.6 Å². The molecule has 1 unspecified atom stereocenters. The SMILES string of the molecule is Cc1cc(C)n(-c2ccc(N3CCSC(C)C3)nn2)n1. The Kier molecular flexibility index (Phi) is 3.65. The lowest BCUT2D eigenvalue weighted by molar-refractivity contribution is 0.741. The molecule has 3 heterocycles. The fourth-order valence-electron chi connectivity index (χ4n) is 2.49. The van der Waals surface area contributed by atoms with Crippen molar-refractivity contribution in [1.29, 1.82) is 0 Å². The molecule has 1 fully saturated rings. The molecule has 0 N–H and O–H groups in total. The first-order valence-electron chi connectivity index (χ1n) is 6.87. The Hall–Kier alpha value is -1.56. The minimum absolute atomic E-state index is 0.654. The highest BCUT2D eigenvalue weighted by Gasteiger charge is 2.18. The molecule has 3 rings (SSSR count).